The summed E-state index contributed by atoms with van der Waals surface area (Å²) in [6.07, 6.45) is -1.99. The van der Waals surface area contributed by atoms with Crippen molar-refractivity contribution >= 4 is 37.4 Å². The van der Waals surface area contributed by atoms with Gasteiger partial charge >= 0.3 is 6.18 Å². The lowest BCUT2D eigenvalue weighted by Crippen LogP contribution is -2.48. The minimum atomic E-state index is -4.43. The van der Waals surface area contributed by atoms with Gasteiger partial charge in [0.2, 0.25) is 10.0 Å². The van der Waals surface area contributed by atoms with Gasteiger partial charge in [-0.3, -0.25) is 4.98 Å². The van der Waals surface area contributed by atoms with E-state index in [-0.39, 0.29) is 36.2 Å². The summed E-state index contributed by atoms with van der Waals surface area (Å²) in [5.41, 5.74) is 1.35. The highest BCUT2D eigenvalue weighted by Crippen LogP contribution is 2.36. The van der Waals surface area contributed by atoms with Crippen LogP contribution in [0.3, 0.4) is 0 Å². The van der Waals surface area contributed by atoms with Crippen molar-refractivity contribution in [1.82, 2.24) is 14.3 Å². The average Bonchev–Trinajstić information content (AvgIpc) is 3.18. The molecule has 1 fully saturated rings. The number of piperazine rings is 1. The first-order valence-corrected chi connectivity index (χ1v) is 11.1. The molecule has 6 nitrogen and oxygen atoms in total. The zero-order valence-electron chi connectivity index (χ0n) is 15.3. The van der Waals surface area contributed by atoms with E-state index in [0.29, 0.717) is 16.9 Å². The van der Waals surface area contributed by atoms with Gasteiger partial charge in [-0.1, -0.05) is 23.5 Å². The van der Waals surface area contributed by atoms with E-state index < -0.39 is 21.1 Å². The quantitative estimate of drug-likeness (QED) is 0.621. The summed E-state index contributed by atoms with van der Waals surface area (Å²) < 4.78 is 66.0. The molecule has 3 aromatic rings. The smallest absolute Gasteiger partial charge is 0.345 e. The van der Waals surface area contributed by atoms with Gasteiger partial charge in [0.1, 0.15) is 9.77 Å². The Balaban J connectivity index is 1.55. The number of aryl methyl sites for hydroxylation is 1. The van der Waals surface area contributed by atoms with Crippen molar-refractivity contribution in [2.24, 2.45) is 0 Å². The van der Waals surface area contributed by atoms with Crippen molar-refractivity contribution < 1.29 is 21.6 Å². The SMILES string of the molecule is Cc1cnc2c(S(=O)(=O)N3CCN(c4ncc(C(F)(F)F)s4)CC3)cccc2c1. The number of sulfonamides is 1. The number of thiazole rings is 1. The number of rotatable bonds is 3. The number of aromatic nitrogens is 2. The highest BCUT2D eigenvalue weighted by molar-refractivity contribution is 7.89. The van der Waals surface area contributed by atoms with E-state index in [2.05, 4.69) is 9.97 Å². The Morgan fingerprint density at radius 1 is 1.07 bits per heavy atom. The molecule has 0 N–H and O–H groups in total. The van der Waals surface area contributed by atoms with Crippen molar-refractivity contribution in [2.75, 3.05) is 31.1 Å². The first kappa shape index (κ1) is 20.0. The van der Waals surface area contributed by atoms with Crippen LogP contribution in [0.5, 0.6) is 0 Å². The zero-order valence-corrected chi connectivity index (χ0v) is 17.0. The summed E-state index contributed by atoms with van der Waals surface area (Å²) in [6.45, 7) is 2.73. The van der Waals surface area contributed by atoms with Crippen LogP contribution in [0.1, 0.15) is 10.4 Å². The predicted molar refractivity (Wildman–Crippen MR) is 105 cm³/mol. The van der Waals surface area contributed by atoms with Gasteiger partial charge in [0.05, 0.1) is 11.7 Å². The number of fused-ring (bicyclic) bond motifs is 1. The second-order valence-electron chi connectivity index (χ2n) is 6.74. The fraction of sp³-hybridized carbons (Fsp3) is 0.333. The summed E-state index contributed by atoms with van der Waals surface area (Å²) in [5, 5.41) is 0.990. The van der Waals surface area contributed by atoms with E-state index in [1.807, 2.05) is 19.1 Å². The largest absolute Gasteiger partial charge is 0.427 e. The van der Waals surface area contributed by atoms with Gasteiger partial charge in [-0.05, 0) is 24.6 Å². The number of benzene rings is 1. The van der Waals surface area contributed by atoms with Gasteiger partial charge < -0.3 is 4.90 Å². The Morgan fingerprint density at radius 3 is 2.45 bits per heavy atom. The fourth-order valence-corrected chi connectivity index (χ4v) is 5.67. The zero-order chi connectivity index (χ0) is 20.8. The number of anilines is 1. The molecule has 2 aromatic heterocycles. The molecule has 154 valence electrons. The Morgan fingerprint density at radius 2 is 1.79 bits per heavy atom. The molecular formula is C18H17F3N4O2S2. The molecule has 11 heteroatoms. The van der Waals surface area contributed by atoms with E-state index in [9.17, 15) is 21.6 Å². The van der Waals surface area contributed by atoms with Gasteiger partial charge in [0.15, 0.2) is 5.13 Å². The van der Waals surface area contributed by atoms with Crippen LogP contribution in [0.2, 0.25) is 0 Å². The maximum Gasteiger partial charge on any atom is 0.427 e. The standard InChI is InChI=1S/C18H17F3N4O2S2/c1-12-9-13-3-2-4-14(16(13)22-10-12)29(26,27)25-7-5-24(6-8-25)17-23-11-15(28-17)18(19,20)21/h2-4,9-11H,5-8H2,1H3. The number of alkyl halides is 3. The molecule has 1 aliphatic rings. The summed E-state index contributed by atoms with van der Waals surface area (Å²) >= 11 is 0.566. The minimum absolute atomic E-state index is 0.136. The Kier molecular flexibility index (Phi) is 4.99. The molecule has 0 atom stereocenters. The number of para-hydroxylation sites is 1. The van der Waals surface area contributed by atoms with Crippen LogP contribution < -0.4 is 4.90 Å². The summed E-state index contributed by atoms with van der Waals surface area (Å²) in [5.74, 6) is 0. The van der Waals surface area contributed by atoms with E-state index in [1.165, 1.54) is 10.4 Å². The maximum absolute atomic E-state index is 13.2. The van der Waals surface area contributed by atoms with Gasteiger partial charge in [0.25, 0.3) is 0 Å². The highest BCUT2D eigenvalue weighted by Gasteiger charge is 2.35. The van der Waals surface area contributed by atoms with Crippen molar-refractivity contribution in [3.63, 3.8) is 0 Å². The van der Waals surface area contributed by atoms with Crippen molar-refractivity contribution in [2.45, 2.75) is 18.0 Å². The summed E-state index contributed by atoms with van der Waals surface area (Å²) in [4.78, 5) is 9.20. The molecule has 0 saturated carbocycles. The van der Waals surface area contributed by atoms with Crippen LogP contribution in [-0.2, 0) is 16.2 Å². The molecule has 29 heavy (non-hydrogen) atoms. The Hall–Kier alpha value is -2.24. The lowest BCUT2D eigenvalue weighted by atomic mass is 10.2. The minimum Gasteiger partial charge on any atom is -0.345 e. The number of nitrogens with zero attached hydrogens (tertiary/aromatic N) is 4. The highest BCUT2D eigenvalue weighted by atomic mass is 32.2. The second kappa shape index (κ2) is 7.22. The van der Waals surface area contributed by atoms with Crippen molar-refractivity contribution in [1.29, 1.82) is 0 Å². The number of hydrogen-bond donors (Lipinski definition) is 0. The number of hydrogen-bond acceptors (Lipinski definition) is 6. The van der Waals surface area contributed by atoms with Crippen molar-refractivity contribution in [3.05, 3.63) is 47.1 Å². The molecule has 0 unspecified atom stereocenters. The fourth-order valence-electron chi connectivity index (χ4n) is 3.25. The van der Waals surface area contributed by atoms with Crippen LogP contribution in [-0.4, -0.2) is 48.9 Å². The van der Waals surface area contributed by atoms with Crippen LogP contribution >= 0.6 is 11.3 Å². The average molecular weight is 442 g/mol. The normalized spacial score (nSPS) is 16.5. The van der Waals surface area contributed by atoms with E-state index >= 15 is 0 Å². The van der Waals surface area contributed by atoms with Crippen LogP contribution in [0.4, 0.5) is 18.3 Å². The number of halogens is 3. The number of pyridine rings is 1. The molecule has 3 heterocycles. The summed E-state index contributed by atoms with van der Waals surface area (Å²) in [6, 6.07) is 6.90. The lowest BCUT2D eigenvalue weighted by molar-refractivity contribution is -0.134. The Labute approximate surface area is 169 Å². The van der Waals surface area contributed by atoms with Crippen LogP contribution in [0.25, 0.3) is 10.9 Å². The Bertz CT molecular complexity index is 1150. The topological polar surface area (TPSA) is 66.4 Å². The van der Waals surface area contributed by atoms with E-state index in [1.54, 1.807) is 17.2 Å². The molecule has 0 spiro atoms. The van der Waals surface area contributed by atoms with Crippen LogP contribution in [0, 0.1) is 6.92 Å². The third kappa shape index (κ3) is 3.81. The lowest BCUT2D eigenvalue weighted by Gasteiger charge is -2.33. The molecular weight excluding hydrogens is 425 g/mol. The van der Waals surface area contributed by atoms with Gasteiger partial charge in [-0.2, -0.15) is 17.5 Å². The molecule has 1 aromatic carbocycles. The van der Waals surface area contributed by atoms with E-state index in [4.69, 9.17) is 0 Å². The molecule has 4 rings (SSSR count). The summed E-state index contributed by atoms with van der Waals surface area (Å²) in [7, 11) is -3.78. The first-order valence-electron chi connectivity index (χ1n) is 8.80. The third-order valence-electron chi connectivity index (χ3n) is 4.71. The molecule has 1 saturated heterocycles. The first-order chi connectivity index (χ1) is 13.7. The molecule has 0 radical (unpaired) electrons. The molecule has 0 bridgehead atoms. The van der Waals surface area contributed by atoms with Crippen molar-refractivity contribution in [3.8, 4) is 0 Å². The molecule has 0 amide bonds. The maximum atomic E-state index is 13.2. The van der Waals surface area contributed by atoms with Gasteiger partial charge in [-0.25, -0.2) is 13.4 Å². The molecule has 1 aliphatic heterocycles. The van der Waals surface area contributed by atoms with Gasteiger partial charge in [-0.15, -0.1) is 0 Å². The third-order valence-corrected chi connectivity index (χ3v) is 7.74. The van der Waals surface area contributed by atoms with E-state index in [0.717, 1.165) is 17.1 Å². The van der Waals surface area contributed by atoms with Gasteiger partial charge in [0, 0.05) is 37.8 Å². The monoisotopic (exact) mass is 442 g/mol. The second-order valence-corrected chi connectivity index (χ2v) is 9.65. The predicted octanol–water partition coefficient (Wildman–Crippen LogP) is 3.53. The molecule has 0 aliphatic carbocycles. The van der Waals surface area contributed by atoms with Crippen LogP contribution in [0.15, 0.2) is 41.6 Å².